The number of carbonyl (C=O) groups excluding carboxylic acids is 1. The van der Waals surface area contributed by atoms with Crippen molar-refractivity contribution >= 4 is 35.0 Å². The minimum absolute atomic E-state index is 0.0429. The van der Waals surface area contributed by atoms with Crippen LogP contribution >= 0.6 is 23.4 Å². The van der Waals surface area contributed by atoms with Gasteiger partial charge in [-0.15, -0.1) is 5.10 Å². The molecule has 25 heavy (non-hydrogen) atoms. The Morgan fingerprint density at radius 3 is 2.76 bits per heavy atom. The summed E-state index contributed by atoms with van der Waals surface area (Å²) < 4.78 is 1.69. The number of thioether (sulfide) groups is 1. The molecule has 0 aliphatic heterocycles. The van der Waals surface area contributed by atoms with Gasteiger partial charge in [-0.25, -0.2) is 9.50 Å². The van der Waals surface area contributed by atoms with E-state index in [9.17, 15) is 4.79 Å². The highest BCUT2D eigenvalue weighted by Crippen LogP contribution is 2.15. The van der Waals surface area contributed by atoms with Crippen molar-refractivity contribution in [3.63, 3.8) is 0 Å². The van der Waals surface area contributed by atoms with Crippen molar-refractivity contribution in [2.75, 3.05) is 12.3 Å². The Kier molecular flexibility index (Phi) is 5.55. The molecule has 0 saturated heterocycles. The fourth-order valence-corrected chi connectivity index (χ4v) is 3.16. The lowest BCUT2D eigenvalue weighted by atomic mass is 10.1. The van der Waals surface area contributed by atoms with Crippen LogP contribution in [-0.4, -0.2) is 37.8 Å². The van der Waals surface area contributed by atoms with Gasteiger partial charge in [-0.2, -0.15) is 4.98 Å². The molecule has 3 rings (SSSR count). The minimum atomic E-state index is -0.0429. The smallest absolute Gasteiger partial charge is 0.253 e. The van der Waals surface area contributed by atoms with E-state index in [4.69, 9.17) is 11.6 Å². The highest BCUT2D eigenvalue weighted by Gasteiger charge is 2.10. The van der Waals surface area contributed by atoms with E-state index < -0.39 is 0 Å². The van der Waals surface area contributed by atoms with Gasteiger partial charge in [0.2, 0.25) is 11.1 Å². The van der Waals surface area contributed by atoms with Crippen LogP contribution in [0.2, 0.25) is 5.02 Å². The van der Waals surface area contributed by atoms with Crippen LogP contribution in [0.25, 0.3) is 5.78 Å². The second-order valence-electron chi connectivity index (χ2n) is 5.66. The summed E-state index contributed by atoms with van der Waals surface area (Å²) in [5.74, 6) is 0.789. The maximum absolute atomic E-state index is 12.0. The summed E-state index contributed by atoms with van der Waals surface area (Å²) in [5.41, 5.74) is 3.00. The summed E-state index contributed by atoms with van der Waals surface area (Å²) in [6.07, 6.45) is 0.766. The summed E-state index contributed by atoms with van der Waals surface area (Å²) in [6.45, 7) is 4.45. The van der Waals surface area contributed by atoms with Gasteiger partial charge in [-0.3, -0.25) is 4.79 Å². The van der Waals surface area contributed by atoms with Crippen molar-refractivity contribution in [2.45, 2.75) is 25.4 Å². The van der Waals surface area contributed by atoms with Gasteiger partial charge in [0.25, 0.3) is 5.78 Å². The van der Waals surface area contributed by atoms with Gasteiger partial charge in [0.05, 0.1) is 5.75 Å². The number of hydrogen-bond acceptors (Lipinski definition) is 5. The number of halogens is 1. The third-order valence-corrected chi connectivity index (χ3v) is 4.67. The minimum Gasteiger partial charge on any atom is -0.355 e. The average molecular weight is 376 g/mol. The number of amides is 1. The Morgan fingerprint density at radius 2 is 2.00 bits per heavy atom. The van der Waals surface area contributed by atoms with Gasteiger partial charge in [-0.05, 0) is 44.0 Å². The predicted molar refractivity (Wildman–Crippen MR) is 99.1 cm³/mol. The van der Waals surface area contributed by atoms with E-state index in [1.165, 1.54) is 11.8 Å². The first-order chi connectivity index (χ1) is 12.0. The highest BCUT2D eigenvalue weighted by atomic mass is 35.5. The van der Waals surface area contributed by atoms with E-state index in [2.05, 4.69) is 20.4 Å². The molecule has 1 N–H and O–H groups in total. The zero-order chi connectivity index (χ0) is 17.8. The molecule has 2 aromatic heterocycles. The second-order valence-corrected chi connectivity index (χ2v) is 7.04. The average Bonchev–Trinajstić information content (AvgIpc) is 2.98. The molecular weight excluding hydrogens is 358 g/mol. The maximum atomic E-state index is 12.0. The molecule has 0 bridgehead atoms. The topological polar surface area (TPSA) is 72.2 Å². The number of rotatable bonds is 6. The van der Waals surface area contributed by atoms with E-state index in [0.717, 1.165) is 23.4 Å². The number of aryl methyl sites for hydroxylation is 2. The lowest BCUT2D eigenvalue weighted by Crippen LogP contribution is -2.27. The zero-order valence-electron chi connectivity index (χ0n) is 14.0. The Bertz CT molecular complexity index is 894. The molecular formula is C17H18ClN5OS. The first kappa shape index (κ1) is 17.7. The molecule has 0 aliphatic carbocycles. The van der Waals surface area contributed by atoms with Gasteiger partial charge in [0, 0.05) is 23.0 Å². The van der Waals surface area contributed by atoms with Gasteiger partial charge in [0.15, 0.2) is 0 Å². The first-order valence-electron chi connectivity index (χ1n) is 7.86. The number of nitrogens with one attached hydrogen (secondary N) is 1. The fraction of sp³-hybridized carbons (Fsp3) is 0.294. The number of carbonyl (C=O) groups is 1. The summed E-state index contributed by atoms with van der Waals surface area (Å²) in [4.78, 5) is 20.7. The van der Waals surface area contributed by atoms with Crippen molar-refractivity contribution in [2.24, 2.45) is 0 Å². The zero-order valence-corrected chi connectivity index (χ0v) is 15.6. The molecule has 0 radical (unpaired) electrons. The molecule has 2 heterocycles. The molecule has 1 aromatic carbocycles. The van der Waals surface area contributed by atoms with Gasteiger partial charge >= 0.3 is 0 Å². The van der Waals surface area contributed by atoms with E-state index in [0.29, 0.717) is 22.5 Å². The van der Waals surface area contributed by atoms with E-state index in [-0.39, 0.29) is 11.7 Å². The first-order valence-corrected chi connectivity index (χ1v) is 9.22. The second kappa shape index (κ2) is 7.84. The summed E-state index contributed by atoms with van der Waals surface area (Å²) in [5, 5.41) is 8.54. The van der Waals surface area contributed by atoms with Gasteiger partial charge < -0.3 is 5.32 Å². The molecule has 0 spiro atoms. The van der Waals surface area contributed by atoms with Crippen molar-refractivity contribution in [1.29, 1.82) is 0 Å². The summed E-state index contributed by atoms with van der Waals surface area (Å²) in [6, 6.07) is 9.56. The van der Waals surface area contributed by atoms with E-state index in [1.54, 1.807) is 4.52 Å². The predicted octanol–water partition coefficient (Wildman–Crippen LogP) is 2.85. The molecule has 1 amide bonds. The lowest BCUT2D eigenvalue weighted by Gasteiger charge is -2.04. The van der Waals surface area contributed by atoms with Crippen molar-refractivity contribution < 1.29 is 4.79 Å². The van der Waals surface area contributed by atoms with Crippen LogP contribution in [0.15, 0.2) is 35.5 Å². The normalized spacial score (nSPS) is 11.0. The van der Waals surface area contributed by atoms with Crippen LogP contribution in [0.3, 0.4) is 0 Å². The van der Waals surface area contributed by atoms with Crippen LogP contribution in [0.4, 0.5) is 0 Å². The third kappa shape index (κ3) is 4.70. The van der Waals surface area contributed by atoms with Gasteiger partial charge in [-0.1, -0.05) is 35.5 Å². The van der Waals surface area contributed by atoms with Crippen LogP contribution in [0, 0.1) is 13.8 Å². The van der Waals surface area contributed by atoms with Crippen molar-refractivity contribution in [1.82, 2.24) is 24.9 Å². The quantitative estimate of drug-likeness (QED) is 0.671. The number of hydrogen-bond donors (Lipinski definition) is 1. The molecule has 0 fully saturated rings. The standard InChI is InChI=1S/C17H18ClN5OS/c1-11-9-12(2)23-16(20-11)21-17(22-23)25-10-15(24)19-8-7-13-3-5-14(18)6-4-13/h3-6,9H,7-8,10H2,1-2H3,(H,19,24). The van der Waals surface area contributed by atoms with Crippen molar-refractivity contribution in [3.05, 3.63) is 52.3 Å². The lowest BCUT2D eigenvalue weighted by molar-refractivity contribution is -0.118. The molecule has 0 unspecified atom stereocenters. The van der Waals surface area contributed by atoms with E-state index >= 15 is 0 Å². The number of nitrogens with zero attached hydrogens (tertiary/aromatic N) is 4. The molecule has 8 heteroatoms. The molecule has 3 aromatic rings. The largest absolute Gasteiger partial charge is 0.355 e. The van der Waals surface area contributed by atoms with Crippen LogP contribution in [-0.2, 0) is 11.2 Å². The van der Waals surface area contributed by atoms with Crippen molar-refractivity contribution in [3.8, 4) is 0 Å². The number of benzene rings is 1. The Balaban J connectivity index is 1.49. The molecule has 0 saturated carbocycles. The Morgan fingerprint density at radius 1 is 1.24 bits per heavy atom. The maximum Gasteiger partial charge on any atom is 0.253 e. The van der Waals surface area contributed by atoms with Crippen LogP contribution in [0.1, 0.15) is 17.0 Å². The summed E-state index contributed by atoms with van der Waals surface area (Å²) in [7, 11) is 0. The molecule has 0 aliphatic rings. The highest BCUT2D eigenvalue weighted by molar-refractivity contribution is 7.99. The monoisotopic (exact) mass is 375 g/mol. The third-order valence-electron chi connectivity index (χ3n) is 3.58. The van der Waals surface area contributed by atoms with Crippen LogP contribution < -0.4 is 5.32 Å². The molecule has 0 atom stereocenters. The Hall–Kier alpha value is -2.12. The Labute approximate surface area is 155 Å². The summed E-state index contributed by atoms with van der Waals surface area (Å²) >= 11 is 7.16. The van der Waals surface area contributed by atoms with Crippen LogP contribution in [0.5, 0.6) is 0 Å². The SMILES string of the molecule is Cc1cc(C)n2nc(SCC(=O)NCCc3ccc(Cl)cc3)nc2n1. The van der Waals surface area contributed by atoms with Gasteiger partial charge in [0.1, 0.15) is 0 Å². The fourth-order valence-electron chi connectivity index (χ4n) is 2.39. The molecule has 6 nitrogen and oxygen atoms in total. The number of fused-ring (bicyclic) bond motifs is 1. The number of aromatic nitrogens is 4. The van der Waals surface area contributed by atoms with E-state index in [1.807, 2.05) is 44.2 Å². The molecule has 130 valence electrons.